The Kier molecular flexibility index (Phi) is 3.41. The zero-order valence-corrected chi connectivity index (χ0v) is 14.8. The maximum atomic E-state index is 6.68. The molecule has 2 saturated carbocycles. The van der Waals surface area contributed by atoms with Gasteiger partial charge in [-0.25, -0.2) is 0 Å². The van der Waals surface area contributed by atoms with Crippen LogP contribution in [0.5, 0.6) is 0 Å². The molecule has 5 atom stereocenters. The summed E-state index contributed by atoms with van der Waals surface area (Å²) in [5, 5.41) is 0. The van der Waals surface area contributed by atoms with Gasteiger partial charge in [-0.05, 0) is 75.0 Å². The molecule has 0 bridgehead atoms. The van der Waals surface area contributed by atoms with Crippen molar-refractivity contribution < 1.29 is 4.74 Å². The Morgan fingerprint density at radius 2 is 1.57 bits per heavy atom. The standard InChI is InChI=1S/C20H34O/c1-7-18(4)13-9-16-19(5)12-8-11-17(2,3)15(19)10-14-20(16,6)21-18/h7,15-16H,1,8-14H2,2-6H3/t15-,16?,18-,19-,20+/m0/s1. The van der Waals surface area contributed by atoms with E-state index in [-0.39, 0.29) is 11.2 Å². The van der Waals surface area contributed by atoms with E-state index in [1.54, 1.807) is 0 Å². The first-order valence-corrected chi connectivity index (χ1v) is 8.99. The molecular weight excluding hydrogens is 256 g/mol. The summed E-state index contributed by atoms with van der Waals surface area (Å²) in [5.41, 5.74) is 0.920. The Hall–Kier alpha value is -0.300. The third-order valence-corrected chi connectivity index (χ3v) is 7.57. The molecule has 0 amide bonds. The summed E-state index contributed by atoms with van der Waals surface area (Å²) in [4.78, 5) is 0. The van der Waals surface area contributed by atoms with Gasteiger partial charge in [-0.15, -0.1) is 6.58 Å². The van der Waals surface area contributed by atoms with E-state index in [2.05, 4.69) is 41.2 Å². The molecule has 1 aliphatic heterocycles. The minimum Gasteiger partial charge on any atom is -0.365 e. The molecular formula is C20H34O. The molecule has 21 heavy (non-hydrogen) atoms. The smallest absolute Gasteiger partial charge is 0.0839 e. The molecule has 3 fully saturated rings. The summed E-state index contributed by atoms with van der Waals surface area (Å²) in [6.07, 6.45) is 11.2. The fraction of sp³-hybridized carbons (Fsp3) is 0.900. The van der Waals surface area contributed by atoms with Gasteiger partial charge in [-0.1, -0.05) is 33.3 Å². The zero-order chi connectivity index (χ0) is 15.5. The number of hydrogen-bond acceptors (Lipinski definition) is 1. The highest BCUT2D eigenvalue weighted by Gasteiger charge is 2.61. The van der Waals surface area contributed by atoms with Crippen LogP contribution in [0, 0.1) is 22.7 Å². The van der Waals surface area contributed by atoms with Crippen LogP contribution in [0.3, 0.4) is 0 Å². The second kappa shape index (κ2) is 4.60. The van der Waals surface area contributed by atoms with Crippen LogP contribution in [0.4, 0.5) is 0 Å². The first-order chi connectivity index (χ1) is 9.65. The van der Waals surface area contributed by atoms with E-state index in [1.807, 2.05) is 6.08 Å². The minimum absolute atomic E-state index is 0.0554. The third-order valence-electron chi connectivity index (χ3n) is 7.57. The maximum Gasteiger partial charge on any atom is 0.0839 e. The van der Waals surface area contributed by atoms with Crippen LogP contribution in [-0.2, 0) is 4.74 Å². The minimum atomic E-state index is -0.112. The van der Waals surface area contributed by atoms with E-state index >= 15 is 0 Å². The van der Waals surface area contributed by atoms with Crippen molar-refractivity contribution in [3.8, 4) is 0 Å². The maximum absolute atomic E-state index is 6.68. The van der Waals surface area contributed by atoms with Crippen LogP contribution in [0.25, 0.3) is 0 Å². The summed E-state index contributed by atoms with van der Waals surface area (Å²) in [6.45, 7) is 16.2. The molecule has 0 aromatic carbocycles. The first-order valence-electron chi connectivity index (χ1n) is 8.99. The van der Waals surface area contributed by atoms with Gasteiger partial charge < -0.3 is 4.74 Å². The van der Waals surface area contributed by atoms with Crippen molar-refractivity contribution >= 4 is 0 Å². The molecule has 1 saturated heterocycles. The van der Waals surface area contributed by atoms with Crippen LogP contribution in [-0.4, -0.2) is 11.2 Å². The van der Waals surface area contributed by atoms with E-state index < -0.39 is 0 Å². The van der Waals surface area contributed by atoms with Crippen LogP contribution < -0.4 is 0 Å². The highest BCUT2D eigenvalue weighted by atomic mass is 16.5. The fourth-order valence-corrected chi connectivity index (χ4v) is 6.52. The molecule has 1 unspecified atom stereocenters. The lowest BCUT2D eigenvalue weighted by Crippen LogP contribution is -2.62. The molecule has 0 aromatic rings. The fourth-order valence-electron chi connectivity index (χ4n) is 6.52. The number of fused-ring (bicyclic) bond motifs is 3. The van der Waals surface area contributed by atoms with Gasteiger partial charge >= 0.3 is 0 Å². The summed E-state index contributed by atoms with van der Waals surface area (Å²) in [5.74, 6) is 1.59. The molecule has 1 nitrogen and oxygen atoms in total. The third kappa shape index (κ3) is 2.22. The van der Waals surface area contributed by atoms with Crippen molar-refractivity contribution in [2.75, 3.05) is 0 Å². The second-order valence-electron chi connectivity index (χ2n) is 9.46. The van der Waals surface area contributed by atoms with Gasteiger partial charge in [0.25, 0.3) is 0 Å². The summed E-state index contributed by atoms with van der Waals surface area (Å²) >= 11 is 0. The van der Waals surface area contributed by atoms with Gasteiger partial charge in [0.15, 0.2) is 0 Å². The van der Waals surface area contributed by atoms with E-state index in [9.17, 15) is 0 Å². The summed E-state index contributed by atoms with van der Waals surface area (Å²) in [7, 11) is 0. The molecule has 3 aliphatic rings. The van der Waals surface area contributed by atoms with Gasteiger partial charge in [0.2, 0.25) is 0 Å². The molecule has 0 spiro atoms. The topological polar surface area (TPSA) is 9.23 Å². The van der Waals surface area contributed by atoms with Gasteiger partial charge in [0.1, 0.15) is 0 Å². The Bertz CT molecular complexity index is 439. The van der Waals surface area contributed by atoms with Crippen molar-refractivity contribution in [1.82, 2.24) is 0 Å². The zero-order valence-electron chi connectivity index (χ0n) is 14.8. The van der Waals surface area contributed by atoms with E-state index in [0.29, 0.717) is 10.8 Å². The molecule has 1 heteroatoms. The average Bonchev–Trinajstić information content (AvgIpc) is 2.36. The average molecular weight is 290 g/mol. The van der Waals surface area contributed by atoms with Crippen molar-refractivity contribution in [2.45, 2.75) is 90.8 Å². The van der Waals surface area contributed by atoms with Gasteiger partial charge in [0.05, 0.1) is 11.2 Å². The Balaban J connectivity index is 1.94. The van der Waals surface area contributed by atoms with Crippen molar-refractivity contribution in [2.24, 2.45) is 22.7 Å². The second-order valence-corrected chi connectivity index (χ2v) is 9.46. The van der Waals surface area contributed by atoms with Crippen LogP contribution >= 0.6 is 0 Å². The quantitative estimate of drug-likeness (QED) is 0.559. The van der Waals surface area contributed by atoms with Crippen molar-refractivity contribution in [1.29, 1.82) is 0 Å². The molecule has 0 N–H and O–H groups in total. The largest absolute Gasteiger partial charge is 0.365 e. The Morgan fingerprint density at radius 1 is 0.905 bits per heavy atom. The van der Waals surface area contributed by atoms with E-state index in [1.165, 1.54) is 38.5 Å². The van der Waals surface area contributed by atoms with E-state index in [0.717, 1.165) is 18.3 Å². The first kappa shape index (κ1) is 15.6. The van der Waals surface area contributed by atoms with Gasteiger partial charge in [0, 0.05) is 0 Å². The Morgan fingerprint density at radius 3 is 2.24 bits per heavy atom. The summed E-state index contributed by atoms with van der Waals surface area (Å²) in [6, 6.07) is 0. The van der Waals surface area contributed by atoms with Crippen molar-refractivity contribution in [3.63, 3.8) is 0 Å². The Labute approximate surface area is 131 Å². The molecule has 120 valence electrons. The lowest BCUT2D eigenvalue weighted by atomic mass is 9.44. The monoisotopic (exact) mass is 290 g/mol. The highest BCUT2D eigenvalue weighted by Crippen LogP contribution is 2.65. The molecule has 2 aliphatic carbocycles. The highest BCUT2D eigenvalue weighted by molar-refractivity contribution is 5.12. The van der Waals surface area contributed by atoms with Crippen molar-refractivity contribution in [3.05, 3.63) is 12.7 Å². The molecule has 3 rings (SSSR count). The van der Waals surface area contributed by atoms with E-state index in [4.69, 9.17) is 4.74 Å². The predicted octanol–water partition coefficient (Wildman–Crippen LogP) is 5.74. The SMILES string of the molecule is C=C[C@@]1(C)CCC2[C@@](C)(CC[C@H]3C(C)(C)CCC[C@]23C)O1. The normalized spacial score (nSPS) is 52.6. The lowest BCUT2D eigenvalue weighted by Gasteiger charge is -2.65. The number of ether oxygens (including phenoxy) is 1. The molecule has 1 heterocycles. The van der Waals surface area contributed by atoms with Crippen LogP contribution in [0.1, 0.15) is 79.6 Å². The molecule has 0 radical (unpaired) electrons. The summed E-state index contributed by atoms with van der Waals surface area (Å²) < 4.78 is 6.68. The lowest BCUT2D eigenvalue weighted by molar-refractivity contribution is -0.252. The van der Waals surface area contributed by atoms with Gasteiger partial charge in [-0.3, -0.25) is 0 Å². The van der Waals surface area contributed by atoms with Gasteiger partial charge in [-0.2, -0.15) is 0 Å². The number of rotatable bonds is 1. The predicted molar refractivity (Wildman–Crippen MR) is 89.3 cm³/mol. The number of hydrogen-bond donors (Lipinski definition) is 0. The van der Waals surface area contributed by atoms with Crippen LogP contribution in [0.2, 0.25) is 0 Å². The molecule has 0 aromatic heterocycles. The van der Waals surface area contributed by atoms with Crippen LogP contribution in [0.15, 0.2) is 12.7 Å².